The summed E-state index contributed by atoms with van der Waals surface area (Å²) >= 11 is 15.1. The van der Waals surface area contributed by atoms with Crippen LogP contribution in [0.2, 0.25) is 8.67 Å². The summed E-state index contributed by atoms with van der Waals surface area (Å²) in [6, 6.07) is 20.3. The van der Waals surface area contributed by atoms with E-state index in [1.54, 1.807) is 38.1 Å². The largest absolute Gasteiger partial charge is 0.478 e. The number of thiophene rings is 2. The second kappa shape index (κ2) is 21.1. The van der Waals surface area contributed by atoms with E-state index in [0.29, 0.717) is 45.3 Å². The topological polar surface area (TPSA) is 233 Å². The predicted octanol–water partition coefficient (Wildman–Crippen LogP) is 7.05. The number of nitriles is 1. The van der Waals surface area contributed by atoms with Gasteiger partial charge in [0.2, 0.25) is 5.91 Å². The van der Waals surface area contributed by atoms with E-state index >= 15 is 0 Å². The lowest BCUT2D eigenvalue weighted by Crippen LogP contribution is -2.43. The number of nitrogens with one attached hydrogen (secondary N) is 1. The zero-order valence-electron chi connectivity index (χ0n) is 39.5. The molecule has 23 heteroatoms. The van der Waals surface area contributed by atoms with Crippen molar-refractivity contribution in [1.82, 2.24) is 34.7 Å². The van der Waals surface area contributed by atoms with Gasteiger partial charge in [0.25, 0.3) is 11.8 Å². The van der Waals surface area contributed by atoms with Gasteiger partial charge in [-0.2, -0.15) is 24.8 Å². The van der Waals surface area contributed by atoms with Crippen molar-refractivity contribution in [2.45, 2.75) is 57.2 Å². The van der Waals surface area contributed by atoms with Crippen molar-refractivity contribution in [3.8, 4) is 6.07 Å². The first-order valence-corrected chi connectivity index (χ1v) is 25.5. The Morgan fingerprint density at radius 1 is 0.822 bits per heavy atom. The summed E-state index contributed by atoms with van der Waals surface area (Å²) in [6.45, 7) is 3.17. The van der Waals surface area contributed by atoms with Crippen LogP contribution >= 0.6 is 45.9 Å². The van der Waals surface area contributed by atoms with Gasteiger partial charge in [-0.15, -0.1) is 22.7 Å². The molecule has 73 heavy (non-hydrogen) atoms. The third-order valence-corrected chi connectivity index (χ3v) is 15.5. The number of anilines is 2. The molecule has 3 amide bonds. The van der Waals surface area contributed by atoms with Gasteiger partial charge in [-0.1, -0.05) is 35.3 Å². The lowest BCUT2D eigenvalue weighted by Gasteiger charge is -2.23. The number of amides is 3. The van der Waals surface area contributed by atoms with E-state index in [0.717, 1.165) is 19.3 Å². The number of hydrogen-bond donors (Lipinski definition) is 2. The van der Waals surface area contributed by atoms with Crippen LogP contribution in [0.3, 0.4) is 0 Å². The van der Waals surface area contributed by atoms with Gasteiger partial charge >= 0.3 is 18.0 Å². The van der Waals surface area contributed by atoms with Gasteiger partial charge < -0.3 is 29.9 Å². The Bertz CT molecular complexity index is 3270. The van der Waals surface area contributed by atoms with E-state index in [1.807, 2.05) is 17.0 Å². The van der Waals surface area contributed by atoms with E-state index in [-0.39, 0.29) is 90.7 Å². The lowest BCUT2D eigenvalue weighted by molar-refractivity contribution is -0.125. The highest BCUT2D eigenvalue weighted by Gasteiger charge is 2.42. The first-order valence-electron chi connectivity index (χ1n) is 23.1. The molecule has 3 atom stereocenters. The summed E-state index contributed by atoms with van der Waals surface area (Å²) < 4.78 is 9.34. The number of urea groups is 1. The Kier molecular flexibility index (Phi) is 14.7. The van der Waals surface area contributed by atoms with Gasteiger partial charge in [0.05, 0.1) is 63.3 Å². The number of carboxylic acids is 1. The quantitative estimate of drug-likeness (QED) is 0.110. The third kappa shape index (κ3) is 10.4. The smallest absolute Gasteiger partial charge is 0.338 e. The molecule has 3 aliphatic heterocycles. The van der Waals surface area contributed by atoms with Crippen molar-refractivity contribution in [3.63, 3.8) is 0 Å². The van der Waals surface area contributed by atoms with Crippen LogP contribution in [0.25, 0.3) is 0 Å². The number of nitrogens with zero attached hydrogens (tertiary/aromatic N) is 9. The molecule has 3 aliphatic rings. The number of imide groups is 1. The maximum Gasteiger partial charge on any atom is 0.338 e. The minimum Gasteiger partial charge on any atom is -0.478 e. The number of esters is 1. The van der Waals surface area contributed by atoms with E-state index in [9.17, 15) is 43.9 Å². The van der Waals surface area contributed by atoms with Gasteiger partial charge in [0.1, 0.15) is 23.6 Å². The number of halogens is 2. The number of ether oxygens (including phenoxy) is 1. The van der Waals surface area contributed by atoms with Crippen molar-refractivity contribution in [3.05, 3.63) is 136 Å². The molecule has 2 aromatic carbocycles. The number of carbonyl (C=O) groups excluding carboxylic acids is 6. The molecule has 7 heterocycles. The maximum atomic E-state index is 14.4. The molecular weight excluding hydrogens is 1020 g/mol. The average molecular weight is 1070 g/mol. The van der Waals surface area contributed by atoms with Gasteiger partial charge in [-0.3, -0.25) is 24.1 Å². The van der Waals surface area contributed by atoms with Crippen LogP contribution in [0, 0.1) is 18.3 Å². The van der Waals surface area contributed by atoms with Crippen LogP contribution in [-0.4, -0.2) is 129 Å². The summed E-state index contributed by atoms with van der Waals surface area (Å²) in [4.78, 5) is 103. The van der Waals surface area contributed by atoms with Crippen LogP contribution in [0.1, 0.15) is 105 Å². The summed E-state index contributed by atoms with van der Waals surface area (Å²) in [7, 11) is 3.49. The van der Waals surface area contributed by atoms with Crippen molar-refractivity contribution in [1.29, 1.82) is 5.26 Å². The van der Waals surface area contributed by atoms with Crippen molar-refractivity contribution < 1.29 is 43.4 Å². The molecule has 3 fully saturated rings. The minimum absolute atomic E-state index is 0.00949. The number of carboxylic acid groups (broad SMARTS) is 1. The molecular formula is C50H46Cl2N10O9S2. The van der Waals surface area contributed by atoms with Gasteiger partial charge in [0, 0.05) is 72.4 Å². The van der Waals surface area contributed by atoms with E-state index in [4.69, 9.17) is 33.0 Å². The van der Waals surface area contributed by atoms with Crippen LogP contribution in [-0.2, 0) is 27.4 Å². The highest BCUT2D eigenvalue weighted by atomic mass is 35.5. The Hall–Kier alpha value is -7.22. The third-order valence-electron chi connectivity index (χ3n) is 13.0. The number of carbonyl (C=O) groups is 7. The van der Waals surface area contributed by atoms with E-state index in [2.05, 4.69) is 16.5 Å². The Morgan fingerprint density at radius 3 is 2.01 bits per heavy atom. The van der Waals surface area contributed by atoms with E-state index < -0.39 is 53.6 Å². The first-order chi connectivity index (χ1) is 35.0. The van der Waals surface area contributed by atoms with Crippen LogP contribution < -0.4 is 15.1 Å². The molecule has 0 bridgehead atoms. The number of Topliss-reactive ketones (excluding diaryl/α,β-unsaturated/α-hetero) is 1. The number of likely N-dealkylation sites (tertiary alicyclic amines) is 2. The van der Waals surface area contributed by atoms with Gasteiger partial charge in [0.15, 0.2) is 11.6 Å². The number of ketones is 1. The Morgan fingerprint density at radius 2 is 1.41 bits per heavy atom. The highest BCUT2D eigenvalue weighted by Crippen LogP contribution is 2.37. The van der Waals surface area contributed by atoms with Gasteiger partial charge in [-0.05, 0) is 80.6 Å². The SMILES string of the molecule is Cc1c(C2CC(=O)N(C(=O)N3CCC(OC(=O)c4cccc(C(=O)n5nc(C6CCNCC6=O)c(C#N)c5N(C)Cc5ccc(Cl)s5)c4)C3)C2)nn(C(=O)c2cccc(C(=O)O)c2)c1N(C)Cc1ccc(Cl)s1. The number of benzene rings is 2. The molecule has 6 aromatic rings. The summed E-state index contributed by atoms with van der Waals surface area (Å²) in [5.41, 5.74) is 1.44. The molecule has 19 nitrogen and oxygen atoms in total. The van der Waals surface area contributed by atoms with Gasteiger partial charge in [-0.25, -0.2) is 14.4 Å². The normalized spacial score (nSPS) is 17.7. The number of piperidine rings is 1. The monoisotopic (exact) mass is 1060 g/mol. The molecule has 0 radical (unpaired) electrons. The predicted molar refractivity (Wildman–Crippen MR) is 271 cm³/mol. The molecule has 3 unspecified atom stereocenters. The number of rotatable bonds is 13. The highest BCUT2D eigenvalue weighted by molar-refractivity contribution is 7.16. The lowest BCUT2D eigenvalue weighted by atomic mass is 9.91. The first kappa shape index (κ1) is 50.7. The summed E-state index contributed by atoms with van der Waals surface area (Å²) in [5.74, 6) is -4.48. The fourth-order valence-corrected chi connectivity index (χ4v) is 11.8. The fourth-order valence-electron chi connectivity index (χ4n) is 9.55. The summed E-state index contributed by atoms with van der Waals surface area (Å²) in [6.07, 6.45) is -0.161. The zero-order chi connectivity index (χ0) is 51.8. The van der Waals surface area contributed by atoms with E-state index in [1.165, 1.54) is 80.8 Å². The maximum absolute atomic E-state index is 14.4. The molecule has 4 aromatic heterocycles. The average Bonchev–Trinajstić information content (AvgIpc) is 4.26. The van der Waals surface area contributed by atoms with Crippen LogP contribution in [0.15, 0.2) is 72.8 Å². The Labute approximate surface area is 436 Å². The number of aromatic nitrogens is 4. The molecule has 376 valence electrons. The minimum atomic E-state index is -1.20. The van der Waals surface area contributed by atoms with Crippen LogP contribution in [0.5, 0.6) is 0 Å². The van der Waals surface area contributed by atoms with Crippen molar-refractivity contribution in [2.75, 3.05) is 56.6 Å². The fraction of sp³-hybridized carbons (Fsp3) is 0.320. The molecule has 0 aliphatic carbocycles. The standard InChI is InChI=1S/C50H46Cl2N10O9S2/c1-27-42(55-61(44(27)57(2)25-34-10-12-39(51)72-34)46(65)28-6-4-8-30(18-28)48(67)68)32-20-41(64)60(23-32)50(70)59-17-15-33(24-59)71-49(69)31-9-5-7-29(19-31)47(66)62-45(58(3)26-35-11-13-40(52)73-35)37(21-53)43(56-62)36-14-16-54-22-38(36)63/h4-13,18-19,32-33,36,54H,14-17,20,22-26H2,1-3H3,(H,67,68). The van der Waals surface area contributed by atoms with Crippen molar-refractivity contribution in [2.24, 2.45) is 0 Å². The second-order valence-electron chi connectivity index (χ2n) is 18.0. The molecule has 2 N–H and O–H groups in total. The Balaban J connectivity index is 0.893. The van der Waals surface area contributed by atoms with Crippen LogP contribution in [0.4, 0.5) is 16.4 Å². The molecule has 3 saturated heterocycles. The molecule has 0 saturated carbocycles. The molecule has 9 rings (SSSR count). The number of hydrogen-bond acceptors (Lipinski definition) is 16. The zero-order valence-corrected chi connectivity index (χ0v) is 42.7. The summed E-state index contributed by atoms with van der Waals surface area (Å²) in [5, 5.41) is 32.5. The molecule has 0 spiro atoms. The number of aromatic carboxylic acids is 1. The van der Waals surface area contributed by atoms with Crippen molar-refractivity contribution >= 4 is 99.0 Å². The second-order valence-corrected chi connectivity index (χ2v) is 21.6.